The number of fused-ring (bicyclic) bond motifs is 1. The molecule has 1 atom stereocenters. The second-order valence-corrected chi connectivity index (χ2v) is 6.18. The third kappa shape index (κ3) is 3.65. The number of aromatic amines is 1. The van der Waals surface area contributed by atoms with Crippen molar-refractivity contribution in [2.24, 2.45) is 0 Å². The van der Waals surface area contributed by atoms with Gasteiger partial charge in [0.05, 0.1) is 7.11 Å². The number of nitrogens with one attached hydrogen (secondary N) is 1. The summed E-state index contributed by atoms with van der Waals surface area (Å²) in [5.74, 6) is 0.780. The van der Waals surface area contributed by atoms with E-state index in [-0.39, 0.29) is 11.9 Å². The zero-order chi connectivity index (χ0) is 17.8. The third-order valence-electron chi connectivity index (χ3n) is 4.54. The van der Waals surface area contributed by atoms with E-state index in [1.165, 1.54) is 0 Å². The number of pyridine rings is 1. The molecule has 0 radical (unpaired) electrons. The van der Waals surface area contributed by atoms with Gasteiger partial charge >= 0.3 is 0 Å². The molecular formula is C20H23N3O2. The number of aromatic nitrogens is 2. The van der Waals surface area contributed by atoms with E-state index in [1.54, 1.807) is 19.5 Å². The first-order valence-electron chi connectivity index (χ1n) is 8.49. The molecule has 0 bridgehead atoms. The normalized spacial score (nSPS) is 12.1. The van der Waals surface area contributed by atoms with Crippen LogP contribution in [-0.2, 0) is 6.54 Å². The Bertz CT molecular complexity index is 858. The van der Waals surface area contributed by atoms with Crippen molar-refractivity contribution in [3.05, 3.63) is 60.0 Å². The molecule has 1 amide bonds. The van der Waals surface area contributed by atoms with Crippen molar-refractivity contribution in [3.8, 4) is 5.75 Å². The van der Waals surface area contributed by atoms with Gasteiger partial charge < -0.3 is 14.6 Å². The first kappa shape index (κ1) is 17.0. The van der Waals surface area contributed by atoms with E-state index in [4.69, 9.17) is 4.74 Å². The number of rotatable bonds is 6. The Kier molecular flexibility index (Phi) is 5.03. The van der Waals surface area contributed by atoms with Gasteiger partial charge in [-0.05, 0) is 55.3 Å². The lowest BCUT2D eigenvalue weighted by Crippen LogP contribution is -2.38. The van der Waals surface area contributed by atoms with Crippen LogP contribution in [0.4, 0.5) is 0 Å². The van der Waals surface area contributed by atoms with Crippen molar-refractivity contribution in [1.29, 1.82) is 0 Å². The van der Waals surface area contributed by atoms with E-state index in [9.17, 15) is 4.79 Å². The number of hydrogen-bond donors (Lipinski definition) is 1. The van der Waals surface area contributed by atoms with Crippen LogP contribution in [-0.4, -0.2) is 33.9 Å². The lowest BCUT2D eigenvalue weighted by molar-refractivity contribution is 0.0666. The van der Waals surface area contributed by atoms with E-state index in [0.717, 1.165) is 28.6 Å². The van der Waals surface area contributed by atoms with Crippen LogP contribution in [0.3, 0.4) is 0 Å². The SMILES string of the molecule is CCC(C)N(Cc1ccncc1)C(=O)c1cc2cc(OC)ccc2[nH]1. The van der Waals surface area contributed by atoms with Crippen molar-refractivity contribution >= 4 is 16.8 Å². The quantitative estimate of drug-likeness (QED) is 0.739. The number of benzene rings is 1. The summed E-state index contributed by atoms with van der Waals surface area (Å²) in [7, 11) is 1.64. The number of carbonyl (C=O) groups excluding carboxylic acids is 1. The molecule has 0 saturated heterocycles. The number of H-pyrrole nitrogens is 1. The first-order valence-corrected chi connectivity index (χ1v) is 8.49. The van der Waals surface area contributed by atoms with Gasteiger partial charge in [0, 0.05) is 35.9 Å². The first-order chi connectivity index (χ1) is 12.1. The van der Waals surface area contributed by atoms with Gasteiger partial charge in [-0.1, -0.05) is 6.92 Å². The van der Waals surface area contributed by atoms with E-state index in [2.05, 4.69) is 23.8 Å². The van der Waals surface area contributed by atoms with Crippen LogP contribution in [0, 0.1) is 0 Å². The molecule has 0 fully saturated rings. The summed E-state index contributed by atoms with van der Waals surface area (Å²) >= 11 is 0. The highest BCUT2D eigenvalue weighted by atomic mass is 16.5. The molecule has 0 spiro atoms. The van der Waals surface area contributed by atoms with Gasteiger partial charge in [0.25, 0.3) is 5.91 Å². The van der Waals surface area contributed by atoms with Crippen LogP contribution >= 0.6 is 0 Å². The zero-order valence-corrected chi connectivity index (χ0v) is 14.8. The summed E-state index contributed by atoms with van der Waals surface area (Å²) in [5.41, 5.74) is 2.59. The smallest absolute Gasteiger partial charge is 0.270 e. The Balaban J connectivity index is 1.91. The van der Waals surface area contributed by atoms with Crippen molar-refractivity contribution in [3.63, 3.8) is 0 Å². The number of carbonyl (C=O) groups is 1. The fourth-order valence-electron chi connectivity index (χ4n) is 2.84. The lowest BCUT2D eigenvalue weighted by Gasteiger charge is -2.28. The molecule has 0 aliphatic carbocycles. The number of amides is 1. The van der Waals surface area contributed by atoms with Crippen molar-refractivity contribution in [2.45, 2.75) is 32.9 Å². The zero-order valence-electron chi connectivity index (χ0n) is 14.8. The molecule has 5 heteroatoms. The molecule has 1 N–H and O–H groups in total. The summed E-state index contributed by atoms with van der Waals surface area (Å²) in [6.07, 6.45) is 4.40. The second kappa shape index (κ2) is 7.38. The van der Waals surface area contributed by atoms with Gasteiger partial charge in [0.15, 0.2) is 0 Å². The maximum absolute atomic E-state index is 13.1. The van der Waals surface area contributed by atoms with E-state index in [0.29, 0.717) is 12.2 Å². The van der Waals surface area contributed by atoms with Gasteiger partial charge in [-0.3, -0.25) is 9.78 Å². The maximum Gasteiger partial charge on any atom is 0.270 e. The summed E-state index contributed by atoms with van der Waals surface area (Å²) < 4.78 is 5.26. The molecule has 2 heterocycles. The number of nitrogens with zero attached hydrogens (tertiary/aromatic N) is 2. The molecule has 0 saturated carbocycles. The van der Waals surface area contributed by atoms with Crippen LogP contribution in [0.25, 0.3) is 10.9 Å². The highest BCUT2D eigenvalue weighted by molar-refractivity contribution is 5.98. The predicted molar refractivity (Wildman–Crippen MR) is 98.7 cm³/mol. The molecule has 0 aliphatic heterocycles. The molecule has 3 aromatic rings. The van der Waals surface area contributed by atoms with Gasteiger partial charge in [0.1, 0.15) is 11.4 Å². The fraction of sp³-hybridized carbons (Fsp3) is 0.300. The minimum atomic E-state index is 0.00123. The highest BCUT2D eigenvalue weighted by Crippen LogP contribution is 2.23. The van der Waals surface area contributed by atoms with Gasteiger partial charge in [-0.15, -0.1) is 0 Å². The third-order valence-corrected chi connectivity index (χ3v) is 4.54. The molecule has 130 valence electrons. The standard InChI is InChI=1S/C20H23N3O2/c1-4-14(2)23(13-15-7-9-21-10-8-15)20(24)19-12-16-11-17(25-3)5-6-18(16)22-19/h5-12,14,22H,4,13H2,1-3H3. The lowest BCUT2D eigenvalue weighted by atomic mass is 10.1. The van der Waals surface area contributed by atoms with E-state index < -0.39 is 0 Å². The Morgan fingerprint density at radius 2 is 2.00 bits per heavy atom. The van der Waals surface area contributed by atoms with Crippen LogP contribution in [0.1, 0.15) is 36.3 Å². The Morgan fingerprint density at radius 3 is 2.68 bits per heavy atom. The van der Waals surface area contributed by atoms with Crippen LogP contribution in [0.2, 0.25) is 0 Å². The summed E-state index contributed by atoms with van der Waals surface area (Å²) in [5, 5.41) is 0.968. The molecular weight excluding hydrogens is 314 g/mol. The molecule has 1 unspecified atom stereocenters. The fourth-order valence-corrected chi connectivity index (χ4v) is 2.84. The topological polar surface area (TPSA) is 58.2 Å². The van der Waals surface area contributed by atoms with Gasteiger partial charge in [-0.2, -0.15) is 0 Å². The van der Waals surface area contributed by atoms with Crippen molar-refractivity contribution in [1.82, 2.24) is 14.9 Å². The molecule has 1 aromatic carbocycles. The molecule has 0 aliphatic rings. The van der Waals surface area contributed by atoms with Gasteiger partial charge in [0.2, 0.25) is 0 Å². The number of methoxy groups -OCH3 is 1. The minimum Gasteiger partial charge on any atom is -0.497 e. The van der Waals surface area contributed by atoms with Crippen molar-refractivity contribution in [2.75, 3.05) is 7.11 Å². The Labute approximate surface area is 147 Å². The predicted octanol–water partition coefficient (Wildman–Crippen LogP) is 4.01. The summed E-state index contributed by atoms with van der Waals surface area (Å²) in [6.45, 7) is 4.73. The number of ether oxygens (including phenoxy) is 1. The van der Waals surface area contributed by atoms with Crippen LogP contribution in [0.15, 0.2) is 48.8 Å². The van der Waals surface area contributed by atoms with Crippen molar-refractivity contribution < 1.29 is 9.53 Å². The largest absolute Gasteiger partial charge is 0.497 e. The second-order valence-electron chi connectivity index (χ2n) is 6.18. The minimum absolute atomic E-state index is 0.00123. The highest BCUT2D eigenvalue weighted by Gasteiger charge is 2.22. The Morgan fingerprint density at radius 1 is 1.24 bits per heavy atom. The molecule has 5 nitrogen and oxygen atoms in total. The van der Waals surface area contributed by atoms with E-state index >= 15 is 0 Å². The summed E-state index contributed by atoms with van der Waals surface area (Å²) in [6, 6.07) is 11.7. The molecule has 25 heavy (non-hydrogen) atoms. The molecule has 3 rings (SSSR count). The van der Waals surface area contributed by atoms with Crippen LogP contribution < -0.4 is 4.74 Å². The van der Waals surface area contributed by atoms with E-state index in [1.807, 2.05) is 41.3 Å². The number of hydrogen-bond acceptors (Lipinski definition) is 3. The monoisotopic (exact) mass is 337 g/mol. The average molecular weight is 337 g/mol. The van der Waals surface area contributed by atoms with Gasteiger partial charge in [-0.25, -0.2) is 0 Å². The molecule has 2 aromatic heterocycles. The van der Waals surface area contributed by atoms with Crippen LogP contribution in [0.5, 0.6) is 5.75 Å². The maximum atomic E-state index is 13.1. The Hall–Kier alpha value is -2.82. The average Bonchev–Trinajstić information content (AvgIpc) is 3.09. The summed E-state index contributed by atoms with van der Waals surface area (Å²) in [4.78, 5) is 22.3.